The Hall–Kier alpha value is -1.14. The number of hydrogen-bond donors (Lipinski definition) is 1. The molecular formula is C14H7BrCl2N2OS. The topological polar surface area (TPSA) is 42.0 Å². The first-order chi connectivity index (χ1) is 10.0. The van der Waals surface area contributed by atoms with Crippen LogP contribution in [0.3, 0.4) is 0 Å². The number of anilines is 1. The normalized spacial score (nSPS) is 10.8. The smallest absolute Gasteiger partial charge is 0.258 e. The van der Waals surface area contributed by atoms with Crippen LogP contribution in [0.1, 0.15) is 10.4 Å². The summed E-state index contributed by atoms with van der Waals surface area (Å²) in [7, 11) is 0. The van der Waals surface area contributed by atoms with Crippen molar-refractivity contribution in [2.75, 3.05) is 5.32 Å². The lowest BCUT2D eigenvalue weighted by atomic mass is 10.2. The maximum absolute atomic E-state index is 12.3. The lowest BCUT2D eigenvalue weighted by Gasteiger charge is -2.07. The van der Waals surface area contributed by atoms with Gasteiger partial charge in [0.2, 0.25) is 0 Å². The van der Waals surface area contributed by atoms with E-state index in [0.717, 1.165) is 21.2 Å². The van der Waals surface area contributed by atoms with Crippen molar-refractivity contribution in [1.29, 1.82) is 0 Å². The van der Waals surface area contributed by atoms with E-state index in [9.17, 15) is 4.79 Å². The molecule has 7 heteroatoms. The summed E-state index contributed by atoms with van der Waals surface area (Å²) in [5.74, 6) is -0.305. The fourth-order valence-electron chi connectivity index (χ4n) is 1.92. The number of amides is 1. The van der Waals surface area contributed by atoms with E-state index in [1.807, 2.05) is 18.2 Å². The molecule has 0 saturated carbocycles. The first-order valence-electron chi connectivity index (χ1n) is 5.85. The van der Waals surface area contributed by atoms with Crippen molar-refractivity contribution in [2.45, 2.75) is 0 Å². The van der Waals surface area contributed by atoms with Crippen molar-refractivity contribution in [3.63, 3.8) is 0 Å². The molecule has 3 nitrogen and oxygen atoms in total. The average Bonchev–Trinajstić information content (AvgIpc) is 2.77. The largest absolute Gasteiger partial charge is 0.320 e. The van der Waals surface area contributed by atoms with Crippen LogP contribution in [0.15, 0.2) is 41.0 Å². The third-order valence-corrected chi connectivity index (χ3v) is 4.75. The molecule has 0 fully saturated rings. The number of nitrogens with one attached hydrogen (secondary N) is 1. The second-order valence-corrected chi connectivity index (χ2v) is 7.42. The van der Waals surface area contributed by atoms with E-state index in [-0.39, 0.29) is 5.91 Å². The van der Waals surface area contributed by atoms with Gasteiger partial charge in [0.1, 0.15) is 4.34 Å². The zero-order valence-electron chi connectivity index (χ0n) is 10.4. The molecule has 0 radical (unpaired) electrons. The van der Waals surface area contributed by atoms with Gasteiger partial charge in [-0.25, -0.2) is 0 Å². The van der Waals surface area contributed by atoms with Gasteiger partial charge in [-0.3, -0.25) is 9.78 Å². The Morgan fingerprint density at radius 3 is 2.81 bits per heavy atom. The number of rotatable bonds is 2. The predicted octanol–water partition coefficient (Wildman–Crippen LogP) is 5.62. The van der Waals surface area contributed by atoms with E-state index in [1.165, 1.54) is 0 Å². The molecule has 0 aliphatic rings. The monoisotopic (exact) mass is 400 g/mol. The number of nitrogens with zero attached hydrogens (tertiary/aromatic N) is 1. The zero-order chi connectivity index (χ0) is 15.0. The number of hydrogen-bond acceptors (Lipinski definition) is 3. The van der Waals surface area contributed by atoms with Gasteiger partial charge in [-0.2, -0.15) is 0 Å². The molecule has 1 amide bonds. The number of benzene rings is 1. The standard InChI is InChI=1S/C14H7BrCl2N2OS/c15-8-4-7-2-1-3-10(12(7)18-6-8)19-14(20)9-5-11(16)21-13(9)17/h1-6H,(H,19,20). The third kappa shape index (κ3) is 3.06. The van der Waals surface area contributed by atoms with Crippen LogP contribution in [0, 0.1) is 0 Å². The van der Waals surface area contributed by atoms with Crippen molar-refractivity contribution in [3.05, 3.63) is 55.2 Å². The van der Waals surface area contributed by atoms with Gasteiger partial charge >= 0.3 is 0 Å². The highest BCUT2D eigenvalue weighted by atomic mass is 79.9. The molecule has 0 spiro atoms. The summed E-state index contributed by atoms with van der Waals surface area (Å²) in [5, 5.41) is 3.75. The van der Waals surface area contributed by atoms with E-state index in [1.54, 1.807) is 18.3 Å². The number of fused-ring (bicyclic) bond motifs is 1. The van der Waals surface area contributed by atoms with Gasteiger partial charge in [0.25, 0.3) is 5.91 Å². The summed E-state index contributed by atoms with van der Waals surface area (Å²) in [6.45, 7) is 0. The molecule has 0 aliphatic carbocycles. The number of carbonyl (C=O) groups is 1. The highest BCUT2D eigenvalue weighted by Gasteiger charge is 2.15. The lowest BCUT2D eigenvalue weighted by molar-refractivity contribution is 0.102. The van der Waals surface area contributed by atoms with Gasteiger partial charge in [0.05, 0.1) is 21.1 Å². The minimum absolute atomic E-state index is 0.305. The van der Waals surface area contributed by atoms with Gasteiger partial charge in [0, 0.05) is 16.1 Å². The molecule has 2 aromatic heterocycles. The molecule has 106 valence electrons. The first kappa shape index (κ1) is 14.8. The third-order valence-electron chi connectivity index (χ3n) is 2.83. The molecule has 1 aromatic carbocycles. The van der Waals surface area contributed by atoms with E-state index in [0.29, 0.717) is 25.4 Å². The van der Waals surface area contributed by atoms with Crippen molar-refractivity contribution in [1.82, 2.24) is 4.98 Å². The zero-order valence-corrected chi connectivity index (χ0v) is 14.3. The van der Waals surface area contributed by atoms with Gasteiger partial charge in [-0.15, -0.1) is 11.3 Å². The molecule has 0 unspecified atom stereocenters. The summed E-state index contributed by atoms with van der Waals surface area (Å²) in [4.78, 5) is 16.6. The fourth-order valence-corrected chi connectivity index (χ4v) is 3.73. The molecule has 2 heterocycles. The molecule has 0 aliphatic heterocycles. The number of halogens is 3. The number of aromatic nitrogens is 1. The number of carbonyl (C=O) groups excluding carboxylic acids is 1. The molecule has 1 N–H and O–H groups in total. The fraction of sp³-hybridized carbons (Fsp3) is 0. The van der Waals surface area contributed by atoms with Crippen LogP contribution in [0.4, 0.5) is 5.69 Å². The number of thiophene rings is 1. The van der Waals surface area contributed by atoms with Crippen LogP contribution < -0.4 is 5.32 Å². The van der Waals surface area contributed by atoms with Crippen molar-refractivity contribution in [3.8, 4) is 0 Å². The van der Waals surface area contributed by atoms with Crippen molar-refractivity contribution < 1.29 is 4.79 Å². The summed E-state index contributed by atoms with van der Waals surface area (Å²) < 4.78 is 1.73. The maximum Gasteiger partial charge on any atom is 0.258 e. The second-order valence-electron chi connectivity index (χ2n) is 4.22. The van der Waals surface area contributed by atoms with Crippen LogP contribution in [0.2, 0.25) is 8.67 Å². The number of para-hydroxylation sites is 1. The van der Waals surface area contributed by atoms with Crippen molar-refractivity contribution >= 4 is 73.0 Å². The Morgan fingerprint density at radius 2 is 2.10 bits per heavy atom. The quantitative estimate of drug-likeness (QED) is 0.605. The number of pyridine rings is 1. The van der Waals surface area contributed by atoms with Crippen LogP contribution in [0.5, 0.6) is 0 Å². The molecule has 3 rings (SSSR count). The van der Waals surface area contributed by atoms with Gasteiger partial charge in [0.15, 0.2) is 0 Å². The van der Waals surface area contributed by atoms with Crippen LogP contribution in [-0.4, -0.2) is 10.9 Å². The average molecular weight is 402 g/mol. The summed E-state index contributed by atoms with van der Waals surface area (Å²) >= 11 is 16.4. The second kappa shape index (κ2) is 5.93. The lowest BCUT2D eigenvalue weighted by Crippen LogP contribution is -2.11. The maximum atomic E-state index is 12.3. The Bertz CT molecular complexity index is 850. The first-order valence-corrected chi connectivity index (χ1v) is 8.21. The van der Waals surface area contributed by atoms with Gasteiger partial charge < -0.3 is 5.32 Å². The molecule has 21 heavy (non-hydrogen) atoms. The van der Waals surface area contributed by atoms with Gasteiger partial charge in [-0.05, 0) is 34.1 Å². The summed E-state index contributed by atoms with van der Waals surface area (Å²) in [6.07, 6.45) is 1.69. The summed E-state index contributed by atoms with van der Waals surface area (Å²) in [6, 6.07) is 9.07. The minimum Gasteiger partial charge on any atom is -0.320 e. The van der Waals surface area contributed by atoms with Crippen LogP contribution in [-0.2, 0) is 0 Å². The van der Waals surface area contributed by atoms with Crippen LogP contribution >= 0.6 is 50.5 Å². The van der Waals surface area contributed by atoms with E-state index < -0.39 is 0 Å². The Kier molecular flexibility index (Phi) is 4.17. The minimum atomic E-state index is -0.305. The molecule has 3 aromatic rings. The summed E-state index contributed by atoms with van der Waals surface area (Å²) in [5.41, 5.74) is 1.70. The van der Waals surface area contributed by atoms with Crippen molar-refractivity contribution in [2.24, 2.45) is 0 Å². The van der Waals surface area contributed by atoms with Crippen LogP contribution in [0.25, 0.3) is 10.9 Å². The molecule has 0 saturated heterocycles. The molecular weight excluding hydrogens is 395 g/mol. The highest BCUT2D eigenvalue weighted by Crippen LogP contribution is 2.32. The van der Waals surface area contributed by atoms with E-state index in [4.69, 9.17) is 23.2 Å². The Labute approximate surface area is 143 Å². The predicted molar refractivity (Wildman–Crippen MR) is 91.7 cm³/mol. The molecule has 0 atom stereocenters. The Morgan fingerprint density at radius 1 is 1.29 bits per heavy atom. The Balaban J connectivity index is 1.98. The highest BCUT2D eigenvalue weighted by molar-refractivity contribution is 9.10. The SMILES string of the molecule is O=C(Nc1cccc2cc(Br)cnc12)c1cc(Cl)sc1Cl. The van der Waals surface area contributed by atoms with Gasteiger partial charge in [-0.1, -0.05) is 35.3 Å². The molecule has 0 bridgehead atoms. The van der Waals surface area contributed by atoms with E-state index in [2.05, 4.69) is 26.2 Å². The van der Waals surface area contributed by atoms with E-state index >= 15 is 0 Å².